The van der Waals surface area contributed by atoms with Gasteiger partial charge in [0.25, 0.3) is 0 Å². The average molecular weight is 298 g/mol. The molecule has 0 N–H and O–H groups in total. The molecule has 0 saturated carbocycles. The zero-order chi connectivity index (χ0) is 15.9. The van der Waals surface area contributed by atoms with E-state index in [4.69, 9.17) is 0 Å². The van der Waals surface area contributed by atoms with E-state index in [9.17, 15) is 8.78 Å². The first kappa shape index (κ1) is 14.4. The van der Waals surface area contributed by atoms with Crippen molar-refractivity contribution in [2.45, 2.75) is 13.8 Å². The summed E-state index contributed by atoms with van der Waals surface area (Å²) in [6, 6.07) is 8.04. The van der Waals surface area contributed by atoms with E-state index < -0.39 is 11.6 Å². The Kier molecular flexibility index (Phi) is 3.53. The summed E-state index contributed by atoms with van der Waals surface area (Å²) in [7, 11) is 1.81. The van der Waals surface area contributed by atoms with Crippen LogP contribution in [0.3, 0.4) is 0 Å². The van der Waals surface area contributed by atoms with Crippen molar-refractivity contribution in [3.05, 3.63) is 65.5 Å². The summed E-state index contributed by atoms with van der Waals surface area (Å²) in [6.07, 6.45) is 3.37. The molecule has 0 amide bonds. The molecule has 0 unspecified atom stereocenters. The standard InChI is InChI=1S/C18H16F2N2/c1-11-5-4-6-12(2)16(11)17-14(9-13(19)10-15(17)20)18-21-7-8-22(18)3/h4-10H,1-3H3. The van der Waals surface area contributed by atoms with E-state index in [-0.39, 0.29) is 0 Å². The van der Waals surface area contributed by atoms with Crippen molar-refractivity contribution in [3.8, 4) is 22.5 Å². The molecule has 0 saturated heterocycles. The minimum Gasteiger partial charge on any atom is -0.334 e. The van der Waals surface area contributed by atoms with Crippen LogP contribution in [0, 0.1) is 25.5 Å². The normalized spacial score (nSPS) is 11.0. The highest BCUT2D eigenvalue weighted by Gasteiger charge is 2.20. The van der Waals surface area contributed by atoms with Gasteiger partial charge in [-0.05, 0) is 36.6 Å². The van der Waals surface area contributed by atoms with E-state index in [1.54, 1.807) is 24.0 Å². The quantitative estimate of drug-likeness (QED) is 0.673. The van der Waals surface area contributed by atoms with E-state index in [2.05, 4.69) is 4.98 Å². The first-order valence-electron chi connectivity index (χ1n) is 7.02. The van der Waals surface area contributed by atoms with Crippen molar-refractivity contribution < 1.29 is 8.78 Å². The van der Waals surface area contributed by atoms with Crippen molar-refractivity contribution in [1.82, 2.24) is 9.55 Å². The molecule has 0 spiro atoms. The van der Waals surface area contributed by atoms with Crippen LogP contribution >= 0.6 is 0 Å². The molecule has 0 radical (unpaired) electrons. The van der Waals surface area contributed by atoms with Gasteiger partial charge in [-0.1, -0.05) is 18.2 Å². The minimum atomic E-state index is -0.606. The van der Waals surface area contributed by atoms with Gasteiger partial charge >= 0.3 is 0 Å². The van der Waals surface area contributed by atoms with Crippen molar-refractivity contribution >= 4 is 0 Å². The predicted octanol–water partition coefficient (Wildman–Crippen LogP) is 4.65. The second kappa shape index (κ2) is 5.37. The number of hydrogen-bond acceptors (Lipinski definition) is 1. The molecule has 3 aromatic rings. The zero-order valence-corrected chi connectivity index (χ0v) is 12.7. The molecular formula is C18H16F2N2. The van der Waals surface area contributed by atoms with E-state index in [0.717, 1.165) is 22.8 Å². The second-order valence-electron chi connectivity index (χ2n) is 5.44. The van der Waals surface area contributed by atoms with Crippen LogP contribution < -0.4 is 0 Å². The number of halogens is 2. The number of benzene rings is 2. The number of hydrogen-bond donors (Lipinski definition) is 0. The summed E-state index contributed by atoms with van der Waals surface area (Å²) < 4.78 is 30.1. The molecule has 1 aromatic heterocycles. The van der Waals surface area contributed by atoms with Gasteiger partial charge in [0.2, 0.25) is 0 Å². The van der Waals surface area contributed by atoms with Crippen LogP contribution in [0.5, 0.6) is 0 Å². The first-order valence-corrected chi connectivity index (χ1v) is 7.02. The maximum atomic E-state index is 14.6. The number of aromatic nitrogens is 2. The summed E-state index contributed by atoms with van der Waals surface area (Å²) in [4.78, 5) is 4.24. The van der Waals surface area contributed by atoms with Gasteiger partial charge in [0, 0.05) is 36.6 Å². The third-order valence-corrected chi connectivity index (χ3v) is 3.85. The van der Waals surface area contributed by atoms with Crippen LogP contribution in [-0.4, -0.2) is 9.55 Å². The number of rotatable bonds is 2. The molecule has 2 aromatic carbocycles. The van der Waals surface area contributed by atoms with Crippen LogP contribution in [0.25, 0.3) is 22.5 Å². The Morgan fingerprint density at radius 3 is 2.27 bits per heavy atom. The molecule has 4 heteroatoms. The van der Waals surface area contributed by atoms with Crippen molar-refractivity contribution in [2.75, 3.05) is 0 Å². The Morgan fingerprint density at radius 1 is 1.00 bits per heavy atom. The van der Waals surface area contributed by atoms with Crippen LogP contribution in [-0.2, 0) is 7.05 Å². The molecule has 0 aliphatic rings. The van der Waals surface area contributed by atoms with Gasteiger partial charge in [-0.25, -0.2) is 13.8 Å². The zero-order valence-electron chi connectivity index (χ0n) is 12.7. The SMILES string of the molecule is Cc1cccc(C)c1-c1c(F)cc(F)cc1-c1nccn1C. The molecule has 0 fully saturated rings. The summed E-state index contributed by atoms with van der Waals surface area (Å²) in [5, 5.41) is 0. The monoisotopic (exact) mass is 298 g/mol. The third-order valence-electron chi connectivity index (χ3n) is 3.85. The largest absolute Gasteiger partial charge is 0.334 e. The molecule has 0 aliphatic carbocycles. The lowest BCUT2D eigenvalue weighted by Gasteiger charge is -2.16. The highest BCUT2D eigenvalue weighted by molar-refractivity contribution is 5.84. The maximum Gasteiger partial charge on any atom is 0.140 e. The second-order valence-corrected chi connectivity index (χ2v) is 5.44. The third kappa shape index (κ3) is 2.30. The lowest BCUT2D eigenvalue weighted by atomic mass is 9.91. The Hall–Kier alpha value is -2.49. The molecule has 1 heterocycles. The van der Waals surface area contributed by atoms with Crippen LogP contribution in [0.2, 0.25) is 0 Å². The summed E-state index contributed by atoms with van der Waals surface area (Å²) in [5.74, 6) is -0.642. The van der Waals surface area contributed by atoms with Gasteiger partial charge in [-0.2, -0.15) is 0 Å². The Morgan fingerprint density at radius 2 is 1.68 bits per heavy atom. The molecule has 0 atom stereocenters. The Balaban J connectivity index is 2.40. The smallest absolute Gasteiger partial charge is 0.140 e. The predicted molar refractivity (Wildman–Crippen MR) is 83.5 cm³/mol. The van der Waals surface area contributed by atoms with Gasteiger partial charge in [-0.15, -0.1) is 0 Å². The number of imidazole rings is 1. The Bertz CT molecular complexity index is 830. The van der Waals surface area contributed by atoms with Gasteiger partial charge in [0.1, 0.15) is 17.5 Å². The summed E-state index contributed by atoms with van der Waals surface area (Å²) in [5.41, 5.74) is 3.54. The van der Waals surface area contributed by atoms with Crippen molar-refractivity contribution in [1.29, 1.82) is 0 Å². The van der Waals surface area contributed by atoms with Gasteiger partial charge in [-0.3, -0.25) is 0 Å². The van der Waals surface area contributed by atoms with Gasteiger partial charge in [0.05, 0.1) is 0 Å². The summed E-state index contributed by atoms with van der Waals surface area (Å²) >= 11 is 0. The van der Waals surface area contributed by atoms with E-state index in [1.807, 2.05) is 32.0 Å². The lowest BCUT2D eigenvalue weighted by molar-refractivity contribution is 0.586. The van der Waals surface area contributed by atoms with Crippen LogP contribution in [0.4, 0.5) is 8.78 Å². The highest BCUT2D eigenvalue weighted by atomic mass is 19.1. The first-order chi connectivity index (χ1) is 10.5. The fourth-order valence-corrected chi connectivity index (χ4v) is 2.84. The van der Waals surface area contributed by atoms with Gasteiger partial charge in [0.15, 0.2) is 0 Å². The van der Waals surface area contributed by atoms with E-state index in [0.29, 0.717) is 17.0 Å². The number of aryl methyl sites for hydroxylation is 3. The molecule has 112 valence electrons. The minimum absolute atomic E-state index is 0.395. The highest BCUT2D eigenvalue weighted by Crippen LogP contribution is 2.37. The molecule has 2 nitrogen and oxygen atoms in total. The Labute approximate surface area is 128 Å². The fourth-order valence-electron chi connectivity index (χ4n) is 2.84. The summed E-state index contributed by atoms with van der Waals surface area (Å²) in [6.45, 7) is 3.85. The molecular weight excluding hydrogens is 282 g/mol. The maximum absolute atomic E-state index is 14.6. The van der Waals surface area contributed by atoms with Crippen LogP contribution in [0.1, 0.15) is 11.1 Å². The molecule has 0 aliphatic heterocycles. The molecule has 3 rings (SSSR count). The molecule has 0 bridgehead atoms. The topological polar surface area (TPSA) is 17.8 Å². The fraction of sp³-hybridized carbons (Fsp3) is 0.167. The van der Waals surface area contributed by atoms with Gasteiger partial charge < -0.3 is 4.57 Å². The van der Waals surface area contributed by atoms with E-state index >= 15 is 0 Å². The van der Waals surface area contributed by atoms with E-state index in [1.165, 1.54) is 6.07 Å². The lowest BCUT2D eigenvalue weighted by Crippen LogP contribution is -2.00. The van der Waals surface area contributed by atoms with Crippen molar-refractivity contribution in [3.63, 3.8) is 0 Å². The van der Waals surface area contributed by atoms with Crippen molar-refractivity contribution in [2.24, 2.45) is 7.05 Å². The molecule has 22 heavy (non-hydrogen) atoms. The number of nitrogens with zero attached hydrogens (tertiary/aromatic N) is 2. The average Bonchev–Trinajstić information content (AvgIpc) is 2.86. The van der Waals surface area contributed by atoms with Crippen LogP contribution in [0.15, 0.2) is 42.7 Å².